The number of carbonyl (C=O) groups excluding carboxylic acids is 1. The highest BCUT2D eigenvalue weighted by Crippen LogP contribution is 2.07. The normalized spacial score (nSPS) is 13.0. The first kappa shape index (κ1) is 17.1. The van der Waals surface area contributed by atoms with Crippen molar-refractivity contribution in [2.75, 3.05) is 0 Å². The Bertz CT molecular complexity index is 625. The summed E-state index contributed by atoms with van der Waals surface area (Å²) in [7, 11) is -4.00. The number of sulfonamides is 1. The number of aromatic nitrogens is 1. The van der Waals surface area contributed by atoms with Gasteiger partial charge in [0.05, 0.1) is 11.6 Å². The first-order chi connectivity index (χ1) is 9.63. The van der Waals surface area contributed by atoms with Gasteiger partial charge >= 0.3 is 5.97 Å². The zero-order valence-corrected chi connectivity index (χ0v) is 12.6. The molecule has 0 bridgehead atoms. The molecule has 0 aliphatic rings. The number of hydrogen-bond donors (Lipinski definition) is 3. The van der Waals surface area contributed by atoms with Crippen LogP contribution in [0.3, 0.4) is 0 Å². The Morgan fingerprint density at radius 3 is 2.29 bits per heavy atom. The van der Waals surface area contributed by atoms with E-state index in [1.165, 1.54) is 6.92 Å². The molecule has 0 aliphatic carbocycles. The standard InChI is InChI=1S/C12H17N3O5S/c1-7(2)14-11(16)8(3)15-21(19,20)10-5-4-9(6-13-10)12(17)18/h4-8,15H,1-3H3,(H,14,16)(H,17,18). The van der Waals surface area contributed by atoms with Crippen molar-refractivity contribution >= 4 is 21.9 Å². The Morgan fingerprint density at radius 1 is 1.24 bits per heavy atom. The fourth-order valence-electron chi connectivity index (χ4n) is 1.42. The Morgan fingerprint density at radius 2 is 1.86 bits per heavy atom. The van der Waals surface area contributed by atoms with Gasteiger partial charge in [-0.15, -0.1) is 0 Å². The zero-order valence-electron chi connectivity index (χ0n) is 11.8. The number of pyridine rings is 1. The summed E-state index contributed by atoms with van der Waals surface area (Å²) in [5, 5.41) is 10.9. The lowest BCUT2D eigenvalue weighted by Gasteiger charge is -2.15. The van der Waals surface area contributed by atoms with E-state index in [0.717, 1.165) is 18.3 Å². The van der Waals surface area contributed by atoms with Gasteiger partial charge in [-0.25, -0.2) is 18.2 Å². The fraction of sp³-hybridized carbons (Fsp3) is 0.417. The van der Waals surface area contributed by atoms with Gasteiger partial charge < -0.3 is 10.4 Å². The highest BCUT2D eigenvalue weighted by atomic mass is 32.2. The molecule has 1 amide bonds. The van der Waals surface area contributed by atoms with Crippen LogP contribution in [0.5, 0.6) is 0 Å². The molecule has 1 unspecified atom stereocenters. The predicted molar refractivity (Wildman–Crippen MR) is 74.3 cm³/mol. The lowest BCUT2D eigenvalue weighted by atomic mass is 10.3. The number of carboxylic acids is 1. The van der Waals surface area contributed by atoms with E-state index in [1.807, 2.05) is 0 Å². The summed E-state index contributed by atoms with van der Waals surface area (Å²) >= 11 is 0. The van der Waals surface area contributed by atoms with Gasteiger partial charge in [-0.1, -0.05) is 0 Å². The van der Waals surface area contributed by atoms with Crippen LogP contribution < -0.4 is 10.0 Å². The lowest BCUT2D eigenvalue weighted by molar-refractivity contribution is -0.122. The molecule has 0 fully saturated rings. The summed E-state index contributed by atoms with van der Waals surface area (Å²) in [6, 6.07) is 1.11. The van der Waals surface area contributed by atoms with Crippen LogP contribution in [0.15, 0.2) is 23.4 Å². The SMILES string of the molecule is CC(C)NC(=O)C(C)NS(=O)(=O)c1ccc(C(=O)O)cn1. The number of rotatable bonds is 6. The quantitative estimate of drug-likeness (QED) is 0.677. The zero-order chi connectivity index (χ0) is 16.2. The minimum absolute atomic E-state index is 0.113. The molecule has 1 aromatic heterocycles. The van der Waals surface area contributed by atoms with Crippen LogP contribution in [0.2, 0.25) is 0 Å². The second kappa shape index (κ2) is 6.64. The molecule has 1 atom stereocenters. The maximum atomic E-state index is 12.0. The van der Waals surface area contributed by atoms with E-state index in [0.29, 0.717) is 0 Å². The highest BCUT2D eigenvalue weighted by molar-refractivity contribution is 7.89. The minimum atomic E-state index is -4.00. The molecule has 0 spiro atoms. The number of nitrogens with zero attached hydrogens (tertiary/aromatic N) is 1. The monoisotopic (exact) mass is 315 g/mol. The summed E-state index contributed by atoms with van der Waals surface area (Å²) in [5.41, 5.74) is -0.125. The number of amides is 1. The number of carboxylic acid groups (broad SMARTS) is 1. The van der Waals surface area contributed by atoms with Crippen LogP contribution in [-0.4, -0.2) is 42.5 Å². The topological polar surface area (TPSA) is 125 Å². The van der Waals surface area contributed by atoms with Crippen molar-refractivity contribution in [1.29, 1.82) is 0 Å². The fourth-order valence-corrected chi connectivity index (χ4v) is 2.55. The van der Waals surface area contributed by atoms with Crippen LogP contribution in [0.4, 0.5) is 0 Å². The van der Waals surface area contributed by atoms with Crippen molar-refractivity contribution in [2.45, 2.75) is 37.9 Å². The van der Waals surface area contributed by atoms with E-state index in [4.69, 9.17) is 5.11 Å². The van der Waals surface area contributed by atoms with E-state index in [2.05, 4.69) is 15.0 Å². The van der Waals surface area contributed by atoms with E-state index in [-0.39, 0.29) is 16.6 Å². The van der Waals surface area contributed by atoms with Crippen molar-refractivity contribution in [2.24, 2.45) is 0 Å². The molecular formula is C12H17N3O5S. The van der Waals surface area contributed by atoms with Gasteiger partial charge in [-0.2, -0.15) is 4.72 Å². The Hall–Kier alpha value is -2.00. The van der Waals surface area contributed by atoms with E-state index in [9.17, 15) is 18.0 Å². The number of hydrogen-bond acceptors (Lipinski definition) is 5. The Kier molecular flexibility index (Phi) is 5.39. The van der Waals surface area contributed by atoms with E-state index < -0.39 is 27.9 Å². The lowest BCUT2D eigenvalue weighted by Crippen LogP contribution is -2.46. The van der Waals surface area contributed by atoms with Gasteiger partial charge in [0.15, 0.2) is 5.03 Å². The molecule has 0 saturated carbocycles. The number of nitrogens with one attached hydrogen (secondary N) is 2. The van der Waals surface area contributed by atoms with Crippen molar-refractivity contribution in [3.8, 4) is 0 Å². The molecule has 1 heterocycles. The number of carbonyl (C=O) groups is 2. The summed E-state index contributed by atoms with van der Waals surface area (Å²) in [5.74, 6) is -1.67. The smallest absolute Gasteiger partial charge is 0.337 e. The third kappa shape index (κ3) is 4.80. The third-order valence-electron chi connectivity index (χ3n) is 2.41. The molecule has 0 saturated heterocycles. The minimum Gasteiger partial charge on any atom is -0.478 e. The van der Waals surface area contributed by atoms with Gasteiger partial charge in [0.25, 0.3) is 10.0 Å². The van der Waals surface area contributed by atoms with Crippen LogP contribution in [-0.2, 0) is 14.8 Å². The summed E-state index contributed by atoms with van der Waals surface area (Å²) in [6.45, 7) is 4.91. The van der Waals surface area contributed by atoms with Crippen molar-refractivity contribution in [3.63, 3.8) is 0 Å². The molecule has 21 heavy (non-hydrogen) atoms. The Balaban J connectivity index is 2.86. The third-order valence-corrected chi connectivity index (χ3v) is 3.87. The average molecular weight is 315 g/mol. The van der Waals surface area contributed by atoms with Gasteiger partial charge in [-0.05, 0) is 32.9 Å². The second-order valence-corrected chi connectivity index (χ2v) is 6.36. The molecule has 1 rings (SSSR count). The van der Waals surface area contributed by atoms with Crippen molar-refractivity contribution < 1.29 is 23.1 Å². The van der Waals surface area contributed by atoms with E-state index in [1.54, 1.807) is 13.8 Å². The maximum absolute atomic E-state index is 12.0. The molecular weight excluding hydrogens is 298 g/mol. The van der Waals surface area contributed by atoms with E-state index >= 15 is 0 Å². The largest absolute Gasteiger partial charge is 0.478 e. The molecule has 1 aromatic rings. The van der Waals surface area contributed by atoms with Gasteiger partial charge in [0.2, 0.25) is 5.91 Å². The first-order valence-corrected chi connectivity index (χ1v) is 7.64. The Labute approximate surface area is 122 Å². The van der Waals surface area contributed by atoms with Gasteiger partial charge in [0.1, 0.15) is 0 Å². The maximum Gasteiger partial charge on any atom is 0.337 e. The summed E-state index contributed by atoms with van der Waals surface area (Å²) in [6.07, 6.45) is 0.940. The summed E-state index contributed by atoms with van der Waals surface area (Å²) in [4.78, 5) is 25.9. The van der Waals surface area contributed by atoms with Crippen LogP contribution in [0, 0.1) is 0 Å². The molecule has 0 aromatic carbocycles. The van der Waals surface area contributed by atoms with Crippen molar-refractivity contribution in [1.82, 2.24) is 15.0 Å². The van der Waals surface area contributed by atoms with Crippen LogP contribution >= 0.6 is 0 Å². The van der Waals surface area contributed by atoms with Gasteiger partial charge in [0, 0.05) is 12.2 Å². The average Bonchev–Trinajstić information content (AvgIpc) is 2.37. The first-order valence-electron chi connectivity index (χ1n) is 6.15. The van der Waals surface area contributed by atoms with Gasteiger partial charge in [-0.3, -0.25) is 4.79 Å². The molecule has 0 aliphatic heterocycles. The molecule has 9 heteroatoms. The molecule has 116 valence electrons. The van der Waals surface area contributed by atoms with Crippen LogP contribution in [0.25, 0.3) is 0 Å². The van der Waals surface area contributed by atoms with Crippen molar-refractivity contribution in [3.05, 3.63) is 23.9 Å². The molecule has 3 N–H and O–H groups in total. The summed E-state index contributed by atoms with van der Waals surface area (Å²) < 4.78 is 26.2. The number of aromatic carboxylic acids is 1. The second-order valence-electron chi connectivity index (χ2n) is 4.70. The highest BCUT2D eigenvalue weighted by Gasteiger charge is 2.23. The van der Waals surface area contributed by atoms with Crippen LogP contribution in [0.1, 0.15) is 31.1 Å². The molecule has 0 radical (unpaired) electrons. The molecule has 8 nitrogen and oxygen atoms in total. The predicted octanol–water partition coefficient (Wildman–Crippen LogP) is -0.0288.